The number of fused-ring (bicyclic) bond motifs is 2. The third-order valence-corrected chi connectivity index (χ3v) is 11.8. The molecule has 286 valence electrons. The summed E-state index contributed by atoms with van der Waals surface area (Å²) in [6.45, 7) is 9.10. The first-order valence-electron chi connectivity index (χ1n) is 19.9. The molecule has 7 rings (SSSR count). The Labute approximate surface area is 319 Å². The van der Waals surface area contributed by atoms with E-state index in [1.54, 1.807) is 0 Å². The van der Waals surface area contributed by atoms with Crippen LogP contribution in [0.4, 0.5) is 27.5 Å². The Hall–Kier alpha value is -4.90. The average Bonchev–Trinajstić information content (AvgIpc) is 3.16. The number of carbonyl (C=O) groups is 4. The highest BCUT2D eigenvalue weighted by atomic mass is 16.2. The van der Waals surface area contributed by atoms with Crippen LogP contribution in [0.5, 0.6) is 0 Å². The quantitative estimate of drug-likeness (QED) is 0.186. The molecule has 2 fully saturated rings. The summed E-state index contributed by atoms with van der Waals surface area (Å²) in [6, 6.07) is 24.4. The van der Waals surface area contributed by atoms with E-state index in [1.165, 1.54) is 5.56 Å². The number of hydrogen-bond acceptors (Lipinski definition) is 6. The summed E-state index contributed by atoms with van der Waals surface area (Å²) >= 11 is 0. The zero-order valence-corrected chi connectivity index (χ0v) is 32.0. The Kier molecular flexibility index (Phi) is 11.2. The van der Waals surface area contributed by atoms with Gasteiger partial charge in [-0.05, 0) is 99.9 Å². The second-order valence-electron chi connectivity index (χ2n) is 15.6. The highest BCUT2D eigenvalue weighted by Gasteiger charge is 2.39. The third kappa shape index (κ3) is 7.83. The smallest absolute Gasteiger partial charge is 0.319 e. The molecular weight excluding hydrogens is 679 g/mol. The van der Waals surface area contributed by atoms with Crippen LogP contribution < -0.4 is 31.1 Å². The van der Waals surface area contributed by atoms with Gasteiger partial charge in [0, 0.05) is 78.8 Å². The summed E-state index contributed by atoms with van der Waals surface area (Å²) in [7, 11) is 0. The summed E-state index contributed by atoms with van der Waals surface area (Å²) < 4.78 is 0. The first kappa shape index (κ1) is 37.4. The summed E-state index contributed by atoms with van der Waals surface area (Å²) in [4.78, 5) is 57.4. The zero-order chi connectivity index (χ0) is 37.9. The minimum atomic E-state index is -0.282. The SMILES string of the molecule is CCC(=O)N1c2ccccc2[C@H](Nc2ccc(NC(=O)NC3CN(C(=O)C4CCC(N[C@@H]5C[C@H](C)N(C(=O)CC)c6ccccc65)CC4)C3)cc2)C[C@@H]1C. The molecule has 0 radical (unpaired) electrons. The summed E-state index contributed by atoms with van der Waals surface area (Å²) in [6.07, 6.45) is 6.22. The maximum atomic E-state index is 13.4. The van der Waals surface area contributed by atoms with Crippen LogP contribution in [-0.2, 0) is 14.4 Å². The van der Waals surface area contributed by atoms with Crippen molar-refractivity contribution in [1.29, 1.82) is 0 Å². The maximum absolute atomic E-state index is 13.4. The van der Waals surface area contributed by atoms with Crippen LogP contribution in [0.3, 0.4) is 0 Å². The van der Waals surface area contributed by atoms with Crippen LogP contribution in [0.2, 0.25) is 0 Å². The summed E-state index contributed by atoms with van der Waals surface area (Å²) in [5.41, 5.74) is 5.89. The molecule has 5 amide bonds. The van der Waals surface area contributed by atoms with Crippen molar-refractivity contribution >= 4 is 46.5 Å². The molecule has 54 heavy (non-hydrogen) atoms. The Balaban J connectivity index is 0.840. The highest BCUT2D eigenvalue weighted by molar-refractivity contribution is 5.96. The molecule has 3 aromatic carbocycles. The number of nitrogens with one attached hydrogen (secondary N) is 4. The van der Waals surface area contributed by atoms with Gasteiger partial charge in [-0.25, -0.2) is 4.79 Å². The molecule has 1 saturated heterocycles. The molecule has 0 aromatic heterocycles. The minimum absolute atomic E-state index is 0.0169. The van der Waals surface area contributed by atoms with Gasteiger partial charge < -0.3 is 36.0 Å². The lowest BCUT2D eigenvalue weighted by Gasteiger charge is -2.43. The number of nitrogens with zero attached hydrogens (tertiary/aromatic N) is 3. The van der Waals surface area contributed by atoms with E-state index >= 15 is 0 Å². The second-order valence-corrected chi connectivity index (χ2v) is 15.6. The van der Waals surface area contributed by atoms with Gasteiger partial charge in [0.15, 0.2) is 0 Å². The largest absolute Gasteiger partial charge is 0.378 e. The zero-order valence-electron chi connectivity index (χ0n) is 32.0. The Morgan fingerprint density at radius 1 is 0.648 bits per heavy atom. The van der Waals surface area contributed by atoms with Gasteiger partial charge in [0.25, 0.3) is 0 Å². The van der Waals surface area contributed by atoms with Gasteiger partial charge in [0.05, 0.1) is 12.1 Å². The molecule has 1 aliphatic carbocycles. The normalized spacial score (nSPS) is 25.1. The molecule has 4 aliphatic rings. The molecule has 0 unspecified atom stereocenters. The van der Waals surface area contributed by atoms with Crippen LogP contribution in [0.15, 0.2) is 72.8 Å². The fraction of sp³-hybridized carbons (Fsp3) is 0.488. The number of rotatable bonds is 9. The molecule has 11 nitrogen and oxygen atoms in total. The maximum Gasteiger partial charge on any atom is 0.319 e. The standard InChI is InChI=1S/C43H55N7O4/c1-5-40(51)49-27(3)23-36(34-11-7-9-13-38(34)49)44-30-17-15-29(16-18-30)42(53)48-25-33(26-48)47-43(54)46-32-21-19-31(20-22-32)45-37-24-28(4)50(41(52)6-2)39-14-10-8-12-35(37)39/h7-14,19-22,27-30,33,36-37,44-45H,5-6,15-18,23-26H2,1-4H3,(H2,46,47,54)/t27-,28-,29?,30?,36+,37+/m0/s1. The van der Waals surface area contributed by atoms with E-state index in [1.807, 2.05) is 83.1 Å². The Bertz CT molecular complexity index is 1840. The Morgan fingerprint density at radius 3 is 1.74 bits per heavy atom. The molecule has 11 heteroatoms. The van der Waals surface area contributed by atoms with Gasteiger partial charge in [0.1, 0.15) is 0 Å². The van der Waals surface area contributed by atoms with Gasteiger partial charge in [0.2, 0.25) is 17.7 Å². The molecule has 3 aliphatic heterocycles. The van der Waals surface area contributed by atoms with Gasteiger partial charge in [-0.3, -0.25) is 14.4 Å². The van der Waals surface area contributed by atoms with Crippen molar-refractivity contribution < 1.29 is 19.2 Å². The molecule has 3 heterocycles. The highest BCUT2D eigenvalue weighted by Crippen LogP contribution is 2.40. The molecule has 0 spiro atoms. The fourth-order valence-electron chi connectivity index (χ4n) is 9.02. The van der Waals surface area contributed by atoms with Crippen LogP contribution in [0.25, 0.3) is 0 Å². The van der Waals surface area contributed by atoms with E-state index in [-0.39, 0.29) is 59.9 Å². The average molecular weight is 734 g/mol. The summed E-state index contributed by atoms with van der Waals surface area (Å²) in [5, 5.41) is 13.5. The van der Waals surface area contributed by atoms with Crippen LogP contribution >= 0.6 is 0 Å². The number of benzene rings is 3. The molecule has 4 atom stereocenters. The number of amides is 5. The van der Waals surface area contributed by atoms with Gasteiger partial charge in [-0.15, -0.1) is 0 Å². The first-order valence-corrected chi connectivity index (χ1v) is 19.9. The fourth-order valence-corrected chi connectivity index (χ4v) is 9.02. The molecule has 3 aromatic rings. The monoisotopic (exact) mass is 733 g/mol. The van der Waals surface area contributed by atoms with Crippen molar-refractivity contribution in [3.63, 3.8) is 0 Å². The van der Waals surface area contributed by atoms with Crippen LogP contribution in [-0.4, -0.2) is 65.9 Å². The first-order chi connectivity index (χ1) is 26.1. The molecular formula is C43H55N7O4. The van der Waals surface area contributed by atoms with E-state index in [0.29, 0.717) is 37.7 Å². The lowest BCUT2D eigenvalue weighted by molar-refractivity contribution is -0.141. The second kappa shape index (κ2) is 16.2. The van der Waals surface area contributed by atoms with E-state index in [0.717, 1.165) is 61.2 Å². The molecule has 0 bridgehead atoms. The number of hydrogen-bond donors (Lipinski definition) is 4. The summed E-state index contributed by atoms with van der Waals surface area (Å²) in [5.74, 6) is 0.502. The number of likely N-dealkylation sites (tertiary alicyclic amines) is 1. The van der Waals surface area contributed by atoms with Crippen molar-refractivity contribution in [3.05, 3.63) is 83.9 Å². The number of anilines is 4. The van der Waals surface area contributed by atoms with E-state index in [2.05, 4.69) is 53.3 Å². The van der Waals surface area contributed by atoms with Crippen molar-refractivity contribution in [2.24, 2.45) is 5.92 Å². The van der Waals surface area contributed by atoms with E-state index in [4.69, 9.17) is 0 Å². The number of para-hydroxylation sites is 2. The molecule has 1 saturated carbocycles. The third-order valence-electron chi connectivity index (χ3n) is 11.8. The number of carbonyl (C=O) groups excluding carboxylic acids is 4. The van der Waals surface area contributed by atoms with Crippen molar-refractivity contribution in [2.45, 2.75) is 115 Å². The van der Waals surface area contributed by atoms with Gasteiger partial charge in [-0.2, -0.15) is 0 Å². The number of urea groups is 1. The van der Waals surface area contributed by atoms with Crippen LogP contribution in [0.1, 0.15) is 102 Å². The predicted molar refractivity (Wildman–Crippen MR) is 214 cm³/mol. The van der Waals surface area contributed by atoms with Crippen molar-refractivity contribution in [1.82, 2.24) is 15.5 Å². The predicted octanol–water partition coefficient (Wildman–Crippen LogP) is 7.13. The topological polar surface area (TPSA) is 126 Å². The lowest BCUT2D eigenvalue weighted by Crippen LogP contribution is -2.62. The van der Waals surface area contributed by atoms with Gasteiger partial charge in [-0.1, -0.05) is 50.2 Å². The Morgan fingerprint density at radius 2 is 1.17 bits per heavy atom. The molecule has 4 N–H and O–H groups in total. The minimum Gasteiger partial charge on any atom is -0.378 e. The van der Waals surface area contributed by atoms with Crippen LogP contribution in [0, 0.1) is 5.92 Å². The van der Waals surface area contributed by atoms with E-state index < -0.39 is 0 Å². The van der Waals surface area contributed by atoms with Crippen molar-refractivity contribution in [3.8, 4) is 0 Å². The van der Waals surface area contributed by atoms with Crippen molar-refractivity contribution in [2.75, 3.05) is 33.5 Å². The lowest BCUT2D eigenvalue weighted by atomic mass is 9.83. The van der Waals surface area contributed by atoms with E-state index in [9.17, 15) is 19.2 Å². The van der Waals surface area contributed by atoms with Gasteiger partial charge >= 0.3 is 6.03 Å².